The summed E-state index contributed by atoms with van der Waals surface area (Å²) in [7, 11) is 0. The summed E-state index contributed by atoms with van der Waals surface area (Å²) in [5.41, 5.74) is 0.579. The van der Waals surface area contributed by atoms with Crippen LogP contribution in [0, 0.1) is 0 Å². The van der Waals surface area contributed by atoms with Gasteiger partial charge in [0.25, 0.3) is 0 Å². The predicted octanol–water partition coefficient (Wildman–Crippen LogP) is -1.05. The molecule has 0 saturated carbocycles. The van der Waals surface area contributed by atoms with Gasteiger partial charge in [-0.2, -0.15) is 0 Å². The molecule has 0 bridgehead atoms. The Hall–Kier alpha value is -1.40. The minimum absolute atomic E-state index is 0.489. The summed E-state index contributed by atoms with van der Waals surface area (Å²) in [6.07, 6.45) is 0.818. The first-order valence-corrected chi connectivity index (χ1v) is 3.46. The van der Waals surface area contributed by atoms with E-state index >= 15 is 0 Å². The zero-order chi connectivity index (χ0) is 8.55. The van der Waals surface area contributed by atoms with Gasteiger partial charge in [0.15, 0.2) is 18.3 Å². The van der Waals surface area contributed by atoms with Gasteiger partial charge in [-0.1, -0.05) is 0 Å². The fourth-order valence-electron chi connectivity index (χ4n) is 1.01. The molecule has 0 aliphatic carbocycles. The van der Waals surface area contributed by atoms with Gasteiger partial charge in [-0.15, -0.1) is 0 Å². The first-order chi connectivity index (χ1) is 5.77. The van der Waals surface area contributed by atoms with Crippen LogP contribution in [0.2, 0.25) is 0 Å². The van der Waals surface area contributed by atoms with Gasteiger partial charge in [0.1, 0.15) is 6.33 Å². The van der Waals surface area contributed by atoms with Gasteiger partial charge < -0.3 is 20.8 Å². The normalized spacial score (nSPS) is 26.8. The number of nitrogens with one attached hydrogen (secondary N) is 2. The lowest BCUT2D eigenvalue weighted by atomic mass is 10.3. The Bertz CT molecular complexity index is 264. The van der Waals surface area contributed by atoms with Crippen molar-refractivity contribution in [3.8, 4) is 0 Å². The molecule has 0 spiro atoms. The fraction of sp³-hybridized carbons (Fsp3) is 0.333. The van der Waals surface area contributed by atoms with E-state index in [2.05, 4.69) is 20.6 Å². The molecular weight excluding hydrogens is 160 g/mol. The Morgan fingerprint density at radius 3 is 2.83 bits per heavy atom. The number of nitrogens with zero attached hydrogens (tertiary/aromatic N) is 2. The van der Waals surface area contributed by atoms with E-state index in [1.54, 1.807) is 0 Å². The second-order valence-corrected chi connectivity index (χ2v) is 2.46. The van der Waals surface area contributed by atoms with Crippen molar-refractivity contribution >= 4 is 11.5 Å². The number of hydrogen-bond acceptors (Lipinski definition) is 6. The van der Waals surface area contributed by atoms with E-state index in [0.717, 1.165) is 0 Å². The average molecular weight is 168 g/mol. The Labute approximate surface area is 68.3 Å². The van der Waals surface area contributed by atoms with Crippen LogP contribution in [0.15, 0.2) is 12.5 Å². The molecule has 1 aromatic heterocycles. The summed E-state index contributed by atoms with van der Waals surface area (Å²) < 4.78 is 0. The number of hydrogen-bond donors (Lipinski definition) is 4. The van der Waals surface area contributed by atoms with Gasteiger partial charge in [0, 0.05) is 0 Å². The van der Waals surface area contributed by atoms with Gasteiger partial charge in [-0.05, 0) is 0 Å². The molecule has 1 aliphatic heterocycles. The molecular formula is C6H8N4O2. The molecule has 6 heteroatoms. The molecule has 2 heterocycles. The molecule has 1 aromatic rings. The lowest BCUT2D eigenvalue weighted by Crippen LogP contribution is -2.43. The van der Waals surface area contributed by atoms with Crippen molar-refractivity contribution < 1.29 is 10.2 Å². The van der Waals surface area contributed by atoms with E-state index in [9.17, 15) is 0 Å². The third kappa shape index (κ3) is 1.06. The van der Waals surface area contributed by atoms with Gasteiger partial charge in [-0.3, -0.25) is 0 Å². The number of anilines is 2. The number of aliphatic hydroxyl groups excluding tert-OH is 2. The van der Waals surface area contributed by atoms with E-state index in [-0.39, 0.29) is 0 Å². The summed E-state index contributed by atoms with van der Waals surface area (Å²) in [6, 6.07) is 0. The lowest BCUT2D eigenvalue weighted by Gasteiger charge is -2.27. The van der Waals surface area contributed by atoms with Crippen molar-refractivity contribution in [1.82, 2.24) is 9.97 Å². The minimum Gasteiger partial charge on any atom is -0.369 e. The van der Waals surface area contributed by atoms with Crippen LogP contribution in [0.3, 0.4) is 0 Å². The summed E-state index contributed by atoms with van der Waals surface area (Å²) >= 11 is 0. The number of rotatable bonds is 0. The Morgan fingerprint density at radius 1 is 1.25 bits per heavy atom. The maximum atomic E-state index is 9.15. The van der Waals surface area contributed by atoms with Crippen molar-refractivity contribution in [2.45, 2.75) is 12.5 Å². The highest BCUT2D eigenvalue weighted by Gasteiger charge is 2.23. The van der Waals surface area contributed by atoms with Crippen LogP contribution < -0.4 is 10.6 Å². The van der Waals surface area contributed by atoms with Crippen LogP contribution in [-0.4, -0.2) is 32.6 Å². The first-order valence-electron chi connectivity index (χ1n) is 3.46. The van der Waals surface area contributed by atoms with Gasteiger partial charge in [0.2, 0.25) is 0 Å². The molecule has 0 aromatic carbocycles. The van der Waals surface area contributed by atoms with Crippen LogP contribution in [0.25, 0.3) is 0 Å². The fourth-order valence-corrected chi connectivity index (χ4v) is 1.01. The Balaban J connectivity index is 2.34. The van der Waals surface area contributed by atoms with E-state index < -0.39 is 12.5 Å². The third-order valence-corrected chi connectivity index (χ3v) is 1.60. The molecule has 6 nitrogen and oxygen atoms in total. The summed E-state index contributed by atoms with van der Waals surface area (Å²) in [4.78, 5) is 7.60. The maximum Gasteiger partial charge on any atom is 0.171 e. The van der Waals surface area contributed by atoms with E-state index in [1.807, 2.05) is 0 Å². The van der Waals surface area contributed by atoms with Crippen LogP contribution in [-0.2, 0) is 0 Å². The van der Waals surface area contributed by atoms with Gasteiger partial charge in [0.05, 0.1) is 11.9 Å². The van der Waals surface area contributed by atoms with E-state index in [4.69, 9.17) is 10.2 Å². The summed E-state index contributed by atoms with van der Waals surface area (Å²) in [5, 5.41) is 23.5. The lowest BCUT2D eigenvalue weighted by molar-refractivity contribution is 0.0523. The van der Waals surface area contributed by atoms with Crippen LogP contribution in [0.1, 0.15) is 0 Å². The molecule has 0 amide bonds. The second-order valence-electron chi connectivity index (χ2n) is 2.46. The molecule has 12 heavy (non-hydrogen) atoms. The SMILES string of the molecule is OC1Nc2cncnc2NC1O. The molecule has 2 unspecified atom stereocenters. The largest absolute Gasteiger partial charge is 0.369 e. The smallest absolute Gasteiger partial charge is 0.171 e. The molecule has 0 fully saturated rings. The highest BCUT2D eigenvalue weighted by Crippen LogP contribution is 2.22. The van der Waals surface area contributed by atoms with E-state index in [0.29, 0.717) is 11.5 Å². The minimum atomic E-state index is -1.03. The van der Waals surface area contributed by atoms with Crippen molar-refractivity contribution in [3.63, 3.8) is 0 Å². The monoisotopic (exact) mass is 168 g/mol. The number of aromatic nitrogens is 2. The topological polar surface area (TPSA) is 90.3 Å². The predicted molar refractivity (Wildman–Crippen MR) is 41.3 cm³/mol. The van der Waals surface area contributed by atoms with Crippen LogP contribution in [0.5, 0.6) is 0 Å². The zero-order valence-electron chi connectivity index (χ0n) is 6.10. The molecule has 64 valence electrons. The van der Waals surface area contributed by atoms with Crippen molar-refractivity contribution in [3.05, 3.63) is 12.5 Å². The highest BCUT2D eigenvalue weighted by molar-refractivity contribution is 5.65. The van der Waals surface area contributed by atoms with Crippen molar-refractivity contribution in [2.75, 3.05) is 10.6 Å². The van der Waals surface area contributed by atoms with Crippen LogP contribution in [0.4, 0.5) is 11.5 Å². The summed E-state index contributed by atoms with van der Waals surface area (Å²) in [6.45, 7) is 0. The standard InChI is InChI=1S/C6H8N4O2/c11-5-6(12)10-4-3(9-5)1-7-2-8-4/h1-2,5-6,9,11-12H,(H,7,8,10). The average Bonchev–Trinajstić information content (AvgIpc) is 2.07. The Morgan fingerprint density at radius 2 is 2.00 bits per heavy atom. The Kier molecular flexibility index (Phi) is 1.56. The quantitative estimate of drug-likeness (QED) is 0.395. The molecule has 2 rings (SSSR count). The highest BCUT2D eigenvalue weighted by atomic mass is 16.4. The molecule has 1 aliphatic rings. The maximum absolute atomic E-state index is 9.15. The van der Waals surface area contributed by atoms with Crippen molar-refractivity contribution in [2.24, 2.45) is 0 Å². The van der Waals surface area contributed by atoms with Gasteiger partial charge >= 0.3 is 0 Å². The number of aliphatic hydroxyl groups is 2. The van der Waals surface area contributed by atoms with Crippen molar-refractivity contribution in [1.29, 1.82) is 0 Å². The van der Waals surface area contributed by atoms with Crippen LogP contribution >= 0.6 is 0 Å². The molecule has 4 N–H and O–H groups in total. The van der Waals surface area contributed by atoms with Gasteiger partial charge in [-0.25, -0.2) is 9.97 Å². The molecule has 0 radical (unpaired) electrons. The molecule has 0 saturated heterocycles. The number of fused-ring (bicyclic) bond motifs is 1. The van der Waals surface area contributed by atoms with E-state index in [1.165, 1.54) is 12.5 Å². The first kappa shape index (κ1) is 7.26. The molecule has 2 atom stereocenters. The second kappa shape index (κ2) is 2.58. The zero-order valence-corrected chi connectivity index (χ0v) is 6.10. The summed E-state index contributed by atoms with van der Waals surface area (Å²) in [5.74, 6) is 0.489. The third-order valence-electron chi connectivity index (χ3n) is 1.60.